The van der Waals surface area contributed by atoms with Crippen molar-refractivity contribution in [3.8, 4) is 16.2 Å². The van der Waals surface area contributed by atoms with Gasteiger partial charge in [0.05, 0.1) is 18.8 Å². The first kappa shape index (κ1) is 19.4. The average Bonchev–Trinajstić information content (AvgIpc) is 3.40. The Bertz CT molecular complexity index is 1210. The number of thiophene rings is 2. The summed E-state index contributed by atoms with van der Waals surface area (Å²) in [5.41, 5.74) is 1.59. The zero-order chi connectivity index (χ0) is 20.4. The first-order chi connectivity index (χ1) is 14.1. The van der Waals surface area contributed by atoms with Gasteiger partial charge >= 0.3 is 0 Å². The van der Waals surface area contributed by atoms with E-state index in [2.05, 4.69) is 4.98 Å². The first-order valence-electron chi connectivity index (χ1n) is 8.95. The highest BCUT2D eigenvalue weighted by Crippen LogP contribution is 2.33. The molecule has 0 aliphatic carbocycles. The summed E-state index contributed by atoms with van der Waals surface area (Å²) >= 11 is 3.02. The summed E-state index contributed by atoms with van der Waals surface area (Å²) in [5, 5.41) is 4.50. The summed E-state index contributed by atoms with van der Waals surface area (Å²) in [6, 6.07) is 11.5. The number of hydrogen-bond donors (Lipinski definition) is 0. The van der Waals surface area contributed by atoms with Crippen LogP contribution in [0, 0.1) is 0 Å². The molecule has 4 aromatic rings. The van der Waals surface area contributed by atoms with Crippen molar-refractivity contribution < 1.29 is 9.53 Å². The predicted octanol–water partition coefficient (Wildman–Crippen LogP) is 3.85. The Kier molecular flexibility index (Phi) is 5.46. The molecule has 8 heteroatoms. The molecule has 0 atom stereocenters. The second kappa shape index (κ2) is 8.18. The molecular weight excluding hydrogens is 406 g/mol. The Morgan fingerprint density at radius 1 is 1.21 bits per heavy atom. The smallest absolute Gasteiger partial charge is 0.263 e. The van der Waals surface area contributed by atoms with Gasteiger partial charge < -0.3 is 9.64 Å². The summed E-state index contributed by atoms with van der Waals surface area (Å²) in [4.78, 5) is 33.5. The van der Waals surface area contributed by atoms with Crippen molar-refractivity contribution in [1.29, 1.82) is 0 Å². The van der Waals surface area contributed by atoms with Crippen molar-refractivity contribution in [2.24, 2.45) is 0 Å². The molecule has 4 rings (SSSR count). The number of aromatic nitrogens is 2. The maximum atomic E-state index is 13.1. The quantitative estimate of drug-likeness (QED) is 0.471. The van der Waals surface area contributed by atoms with E-state index in [4.69, 9.17) is 4.74 Å². The van der Waals surface area contributed by atoms with Crippen LogP contribution in [0.2, 0.25) is 0 Å². The monoisotopic (exact) mass is 425 g/mol. The van der Waals surface area contributed by atoms with E-state index in [0.29, 0.717) is 16.8 Å². The number of carbonyl (C=O) groups excluding carboxylic acids is 1. The Hall–Kier alpha value is -2.97. The van der Waals surface area contributed by atoms with Crippen LogP contribution in [0.3, 0.4) is 0 Å². The molecule has 6 nitrogen and oxygen atoms in total. The van der Waals surface area contributed by atoms with Crippen LogP contribution >= 0.6 is 22.7 Å². The van der Waals surface area contributed by atoms with Gasteiger partial charge in [0, 0.05) is 35.0 Å². The van der Waals surface area contributed by atoms with Crippen LogP contribution in [-0.4, -0.2) is 34.5 Å². The van der Waals surface area contributed by atoms with E-state index in [1.807, 2.05) is 47.2 Å². The zero-order valence-corrected chi connectivity index (χ0v) is 17.6. The van der Waals surface area contributed by atoms with Crippen molar-refractivity contribution in [1.82, 2.24) is 14.5 Å². The molecule has 0 N–H and O–H groups in total. The lowest BCUT2D eigenvalue weighted by Crippen LogP contribution is -2.33. The summed E-state index contributed by atoms with van der Waals surface area (Å²) in [7, 11) is 3.32. The summed E-state index contributed by atoms with van der Waals surface area (Å²) in [5.74, 6) is 0.554. The largest absolute Gasteiger partial charge is 0.496 e. The highest BCUT2D eigenvalue weighted by Gasteiger charge is 2.17. The molecule has 1 aromatic carbocycles. The van der Waals surface area contributed by atoms with Gasteiger partial charge in [-0.25, -0.2) is 4.98 Å². The fourth-order valence-corrected chi connectivity index (χ4v) is 4.86. The van der Waals surface area contributed by atoms with Gasteiger partial charge in [-0.1, -0.05) is 24.3 Å². The van der Waals surface area contributed by atoms with Gasteiger partial charge in [-0.2, -0.15) is 0 Å². The number of ether oxygens (including phenoxy) is 1. The molecule has 1 amide bonds. The van der Waals surface area contributed by atoms with Crippen LogP contribution in [0.5, 0.6) is 5.75 Å². The van der Waals surface area contributed by atoms with Crippen LogP contribution in [-0.2, 0) is 17.9 Å². The fourth-order valence-electron chi connectivity index (χ4n) is 3.14. The third kappa shape index (κ3) is 3.81. The molecule has 0 spiro atoms. The van der Waals surface area contributed by atoms with Crippen molar-refractivity contribution in [3.05, 3.63) is 69.4 Å². The highest BCUT2D eigenvalue weighted by molar-refractivity contribution is 7.18. The molecule has 29 heavy (non-hydrogen) atoms. The van der Waals surface area contributed by atoms with E-state index in [-0.39, 0.29) is 18.0 Å². The summed E-state index contributed by atoms with van der Waals surface area (Å²) < 4.78 is 6.73. The third-order valence-electron chi connectivity index (χ3n) is 4.68. The molecule has 0 radical (unpaired) electrons. The standard InChI is InChI=1S/C21H19N3O3S2/c1-23(10-14-6-3-4-7-16(14)27-2)18(25)11-24-13-22-20-19(21(24)26)15(12-29-20)17-8-5-9-28-17/h3-9,12-13H,10-11H2,1-2H3. The highest BCUT2D eigenvalue weighted by atomic mass is 32.1. The van der Waals surface area contributed by atoms with Crippen LogP contribution in [0.25, 0.3) is 20.7 Å². The lowest BCUT2D eigenvalue weighted by atomic mass is 10.2. The number of benzene rings is 1. The van der Waals surface area contributed by atoms with E-state index in [1.54, 1.807) is 30.4 Å². The topological polar surface area (TPSA) is 64.4 Å². The number of para-hydroxylation sites is 1. The third-order valence-corrected chi connectivity index (χ3v) is 6.47. The number of fused-ring (bicyclic) bond motifs is 1. The van der Waals surface area contributed by atoms with E-state index >= 15 is 0 Å². The minimum atomic E-state index is -0.196. The van der Waals surface area contributed by atoms with E-state index < -0.39 is 0 Å². The average molecular weight is 426 g/mol. The lowest BCUT2D eigenvalue weighted by molar-refractivity contribution is -0.131. The molecule has 148 valence electrons. The normalized spacial score (nSPS) is 11.0. The van der Waals surface area contributed by atoms with Gasteiger partial charge in [0.15, 0.2) is 0 Å². The maximum Gasteiger partial charge on any atom is 0.263 e. The Labute approximate surface area is 175 Å². The molecule has 0 unspecified atom stereocenters. The van der Waals surface area contributed by atoms with Crippen molar-refractivity contribution >= 4 is 38.8 Å². The van der Waals surface area contributed by atoms with Gasteiger partial charge in [-0.05, 0) is 17.5 Å². The van der Waals surface area contributed by atoms with Crippen LogP contribution in [0.1, 0.15) is 5.56 Å². The Morgan fingerprint density at radius 3 is 2.79 bits per heavy atom. The molecule has 3 heterocycles. The minimum Gasteiger partial charge on any atom is -0.496 e. The lowest BCUT2D eigenvalue weighted by Gasteiger charge is -2.19. The van der Waals surface area contributed by atoms with Gasteiger partial charge in [0.2, 0.25) is 5.91 Å². The van der Waals surface area contributed by atoms with E-state index in [0.717, 1.165) is 21.8 Å². The van der Waals surface area contributed by atoms with Crippen molar-refractivity contribution in [2.75, 3.05) is 14.2 Å². The molecule has 0 fully saturated rings. The second-order valence-electron chi connectivity index (χ2n) is 6.55. The number of hydrogen-bond acceptors (Lipinski definition) is 6. The Balaban J connectivity index is 1.59. The zero-order valence-electron chi connectivity index (χ0n) is 16.0. The molecule has 3 aromatic heterocycles. The van der Waals surface area contributed by atoms with E-state index in [9.17, 15) is 9.59 Å². The molecular formula is C21H19N3O3S2. The number of amides is 1. The molecule has 0 saturated heterocycles. The molecule has 0 bridgehead atoms. The number of carbonyl (C=O) groups is 1. The van der Waals surface area contributed by atoms with Crippen LogP contribution < -0.4 is 10.3 Å². The second-order valence-corrected chi connectivity index (χ2v) is 8.35. The SMILES string of the molecule is COc1ccccc1CN(C)C(=O)Cn1cnc2scc(-c3cccs3)c2c1=O. The maximum absolute atomic E-state index is 13.1. The van der Waals surface area contributed by atoms with Gasteiger partial charge in [-0.15, -0.1) is 22.7 Å². The van der Waals surface area contributed by atoms with Gasteiger partial charge in [0.25, 0.3) is 5.56 Å². The number of likely N-dealkylation sites (N-methyl/N-ethyl adjacent to an activating group) is 1. The van der Waals surface area contributed by atoms with Crippen molar-refractivity contribution in [3.63, 3.8) is 0 Å². The molecule has 0 saturated carbocycles. The fraction of sp³-hybridized carbons (Fsp3) is 0.190. The predicted molar refractivity (Wildman–Crippen MR) is 117 cm³/mol. The molecule has 0 aliphatic rings. The Morgan fingerprint density at radius 2 is 2.03 bits per heavy atom. The first-order valence-corrected chi connectivity index (χ1v) is 10.7. The van der Waals surface area contributed by atoms with Crippen LogP contribution in [0.4, 0.5) is 0 Å². The van der Waals surface area contributed by atoms with E-state index in [1.165, 1.54) is 22.2 Å². The summed E-state index contributed by atoms with van der Waals surface area (Å²) in [6.07, 6.45) is 1.45. The molecule has 0 aliphatic heterocycles. The number of nitrogens with zero attached hydrogens (tertiary/aromatic N) is 3. The van der Waals surface area contributed by atoms with Gasteiger partial charge in [-0.3, -0.25) is 14.2 Å². The van der Waals surface area contributed by atoms with Gasteiger partial charge in [0.1, 0.15) is 17.1 Å². The number of methoxy groups -OCH3 is 1. The van der Waals surface area contributed by atoms with Crippen LogP contribution in [0.15, 0.2) is 58.3 Å². The van der Waals surface area contributed by atoms with Crippen molar-refractivity contribution in [2.45, 2.75) is 13.1 Å². The minimum absolute atomic E-state index is 0.0624. The number of rotatable bonds is 6. The summed E-state index contributed by atoms with van der Waals surface area (Å²) in [6.45, 7) is 0.333.